The van der Waals surface area contributed by atoms with Crippen LogP contribution in [0.15, 0.2) is 21.1 Å². The fourth-order valence-corrected chi connectivity index (χ4v) is 3.07. The molecule has 1 aliphatic rings. The minimum absolute atomic E-state index is 0.124. The van der Waals surface area contributed by atoms with Crippen molar-refractivity contribution in [3.63, 3.8) is 0 Å². The summed E-state index contributed by atoms with van der Waals surface area (Å²) < 4.78 is 6.60. The molecule has 1 aliphatic carbocycles. The first-order chi connectivity index (χ1) is 9.88. The highest BCUT2D eigenvalue weighted by atomic mass is 79.9. The number of amides is 2. The Morgan fingerprint density at radius 2 is 2.00 bits per heavy atom. The predicted octanol–water partition coefficient (Wildman–Crippen LogP) is 3.21. The average Bonchev–Trinajstić information content (AvgIpc) is 3.21. The molecule has 1 fully saturated rings. The van der Waals surface area contributed by atoms with Crippen molar-refractivity contribution >= 4 is 49.5 Å². The smallest absolute Gasteiger partial charge is 0.319 e. The quantitative estimate of drug-likeness (QED) is 0.681. The molecule has 0 heterocycles. The molecule has 8 heteroatoms. The number of halogens is 2. The van der Waals surface area contributed by atoms with Crippen molar-refractivity contribution in [2.75, 3.05) is 19.0 Å². The van der Waals surface area contributed by atoms with Gasteiger partial charge in [0.1, 0.15) is 5.75 Å². The summed E-state index contributed by atoms with van der Waals surface area (Å²) in [6.07, 6.45) is 1.19. The number of methoxy groups -OCH3 is 1. The molecule has 0 radical (unpaired) electrons. The molecule has 0 saturated heterocycles. The molecule has 0 aromatic heterocycles. The van der Waals surface area contributed by atoms with E-state index >= 15 is 0 Å². The van der Waals surface area contributed by atoms with Gasteiger partial charge in [0.2, 0.25) is 0 Å². The SMILES string of the molecule is COc1cc(NC(=O)NCC2(C(=O)O)CC2)c(Br)cc1Br. The Labute approximate surface area is 138 Å². The first-order valence-corrected chi connectivity index (χ1v) is 7.78. The van der Waals surface area contributed by atoms with Crippen LogP contribution in [0.4, 0.5) is 10.5 Å². The molecular formula is C13H14Br2N2O4. The van der Waals surface area contributed by atoms with Gasteiger partial charge in [-0.25, -0.2) is 4.79 Å². The van der Waals surface area contributed by atoms with Gasteiger partial charge in [-0.15, -0.1) is 0 Å². The van der Waals surface area contributed by atoms with Gasteiger partial charge in [-0.3, -0.25) is 4.79 Å². The monoisotopic (exact) mass is 420 g/mol. The molecule has 0 bridgehead atoms. The van der Waals surface area contributed by atoms with Crippen LogP contribution in [0.5, 0.6) is 5.75 Å². The topological polar surface area (TPSA) is 87.7 Å². The zero-order valence-corrected chi connectivity index (χ0v) is 14.4. The van der Waals surface area contributed by atoms with E-state index in [9.17, 15) is 9.59 Å². The Bertz CT molecular complexity index is 588. The molecule has 3 N–H and O–H groups in total. The zero-order chi connectivity index (χ0) is 15.6. The number of ether oxygens (including phenoxy) is 1. The Morgan fingerprint density at radius 3 is 2.52 bits per heavy atom. The van der Waals surface area contributed by atoms with Gasteiger partial charge in [-0.2, -0.15) is 0 Å². The Morgan fingerprint density at radius 1 is 1.33 bits per heavy atom. The van der Waals surface area contributed by atoms with E-state index in [2.05, 4.69) is 42.5 Å². The summed E-state index contributed by atoms with van der Waals surface area (Å²) in [5.41, 5.74) is -0.251. The van der Waals surface area contributed by atoms with Crippen LogP contribution >= 0.6 is 31.9 Å². The van der Waals surface area contributed by atoms with Gasteiger partial charge in [0.15, 0.2) is 0 Å². The third kappa shape index (κ3) is 3.68. The third-order valence-electron chi connectivity index (χ3n) is 3.38. The average molecular weight is 422 g/mol. The van der Waals surface area contributed by atoms with Gasteiger partial charge in [-0.05, 0) is 50.8 Å². The van der Waals surface area contributed by atoms with Crippen molar-refractivity contribution in [2.24, 2.45) is 5.41 Å². The van der Waals surface area contributed by atoms with Crippen LogP contribution in [0.1, 0.15) is 12.8 Å². The fourth-order valence-electron chi connectivity index (χ4n) is 1.81. The summed E-state index contributed by atoms with van der Waals surface area (Å²) >= 11 is 6.68. The van der Waals surface area contributed by atoms with Gasteiger partial charge in [0.05, 0.1) is 22.7 Å². The van der Waals surface area contributed by atoms with Crippen LogP contribution in [0.2, 0.25) is 0 Å². The molecule has 1 aromatic carbocycles. The number of carboxylic acid groups (broad SMARTS) is 1. The lowest BCUT2D eigenvalue weighted by Crippen LogP contribution is -2.36. The second-order valence-electron chi connectivity index (χ2n) is 4.86. The number of hydrogen-bond acceptors (Lipinski definition) is 3. The van der Waals surface area contributed by atoms with Gasteiger partial charge in [-0.1, -0.05) is 0 Å². The van der Waals surface area contributed by atoms with E-state index in [0.717, 1.165) is 4.47 Å². The van der Waals surface area contributed by atoms with E-state index in [1.165, 1.54) is 7.11 Å². The minimum atomic E-state index is -0.866. The van der Waals surface area contributed by atoms with Crippen LogP contribution in [0.3, 0.4) is 0 Å². The van der Waals surface area contributed by atoms with Crippen LogP contribution in [0, 0.1) is 5.41 Å². The van der Waals surface area contributed by atoms with Crippen LogP contribution in [-0.2, 0) is 4.79 Å². The van der Waals surface area contributed by atoms with Gasteiger partial charge in [0.25, 0.3) is 0 Å². The zero-order valence-electron chi connectivity index (χ0n) is 11.2. The van der Waals surface area contributed by atoms with E-state index in [4.69, 9.17) is 9.84 Å². The number of aliphatic carboxylic acids is 1. The van der Waals surface area contributed by atoms with Gasteiger partial charge < -0.3 is 20.5 Å². The Balaban J connectivity index is 1.98. The maximum absolute atomic E-state index is 11.9. The molecule has 21 heavy (non-hydrogen) atoms. The van der Waals surface area contributed by atoms with Crippen molar-refractivity contribution < 1.29 is 19.4 Å². The fraction of sp³-hybridized carbons (Fsp3) is 0.385. The Kier molecular flexibility index (Phi) is 4.77. The number of carboxylic acids is 1. The van der Waals surface area contributed by atoms with Crippen LogP contribution in [0.25, 0.3) is 0 Å². The van der Waals surface area contributed by atoms with Gasteiger partial charge in [0, 0.05) is 17.1 Å². The van der Waals surface area contributed by atoms with Crippen molar-refractivity contribution in [3.05, 3.63) is 21.1 Å². The number of carbonyl (C=O) groups excluding carboxylic acids is 1. The highest BCUT2D eigenvalue weighted by molar-refractivity contribution is 9.11. The van der Waals surface area contributed by atoms with Crippen LogP contribution in [-0.4, -0.2) is 30.8 Å². The van der Waals surface area contributed by atoms with E-state index in [1.54, 1.807) is 12.1 Å². The normalized spacial score (nSPS) is 15.2. The lowest BCUT2D eigenvalue weighted by atomic mass is 10.1. The number of rotatable bonds is 5. The largest absolute Gasteiger partial charge is 0.495 e. The van der Waals surface area contributed by atoms with E-state index in [0.29, 0.717) is 28.8 Å². The second kappa shape index (κ2) is 6.23. The number of benzene rings is 1. The second-order valence-corrected chi connectivity index (χ2v) is 6.57. The molecule has 0 spiro atoms. The highest BCUT2D eigenvalue weighted by Gasteiger charge is 2.50. The summed E-state index contributed by atoms with van der Waals surface area (Å²) in [5, 5.41) is 14.3. The highest BCUT2D eigenvalue weighted by Crippen LogP contribution is 2.45. The maximum atomic E-state index is 11.9. The molecule has 0 aliphatic heterocycles. The molecule has 2 amide bonds. The molecule has 1 saturated carbocycles. The minimum Gasteiger partial charge on any atom is -0.495 e. The molecule has 2 rings (SSSR count). The summed E-state index contributed by atoms with van der Waals surface area (Å²) in [4.78, 5) is 22.9. The summed E-state index contributed by atoms with van der Waals surface area (Å²) in [5.74, 6) is -0.285. The first kappa shape index (κ1) is 16.1. The van der Waals surface area contributed by atoms with Crippen LogP contribution < -0.4 is 15.4 Å². The molecule has 114 valence electrons. The molecule has 6 nitrogen and oxygen atoms in total. The summed E-state index contributed by atoms with van der Waals surface area (Å²) in [6, 6.07) is 2.97. The van der Waals surface area contributed by atoms with Gasteiger partial charge >= 0.3 is 12.0 Å². The molecule has 0 atom stereocenters. The van der Waals surface area contributed by atoms with E-state index in [-0.39, 0.29) is 6.54 Å². The number of carbonyl (C=O) groups is 2. The lowest BCUT2D eigenvalue weighted by molar-refractivity contribution is -0.143. The summed E-state index contributed by atoms with van der Waals surface area (Å²) in [6.45, 7) is 0.124. The lowest BCUT2D eigenvalue weighted by Gasteiger charge is -2.14. The number of anilines is 1. The van der Waals surface area contributed by atoms with E-state index in [1.807, 2.05) is 0 Å². The van der Waals surface area contributed by atoms with Crippen molar-refractivity contribution in [1.29, 1.82) is 0 Å². The first-order valence-electron chi connectivity index (χ1n) is 6.19. The number of nitrogens with one attached hydrogen (secondary N) is 2. The van der Waals surface area contributed by atoms with E-state index < -0.39 is 17.4 Å². The standard InChI is InChI=1S/C13H14Br2N2O4/c1-21-10-5-9(7(14)4-8(10)15)17-12(20)16-6-13(2-3-13)11(18)19/h4-5H,2-3,6H2,1H3,(H,18,19)(H2,16,17,20). The molecule has 1 aromatic rings. The van der Waals surface area contributed by atoms with Crippen molar-refractivity contribution in [1.82, 2.24) is 5.32 Å². The maximum Gasteiger partial charge on any atom is 0.319 e. The Hall–Kier alpha value is -1.28. The molecule has 0 unspecified atom stereocenters. The third-order valence-corrected chi connectivity index (χ3v) is 4.66. The number of urea groups is 1. The van der Waals surface area contributed by atoms with Crippen molar-refractivity contribution in [3.8, 4) is 5.75 Å². The van der Waals surface area contributed by atoms with Crippen molar-refractivity contribution in [2.45, 2.75) is 12.8 Å². The predicted molar refractivity (Wildman–Crippen MR) is 84.7 cm³/mol. The molecular weight excluding hydrogens is 408 g/mol. The number of hydrogen-bond donors (Lipinski definition) is 3. The summed E-state index contributed by atoms with van der Waals surface area (Å²) in [7, 11) is 1.53.